The molecule has 1 aliphatic heterocycles. The molecule has 0 aromatic heterocycles. The van der Waals surface area contributed by atoms with E-state index >= 15 is 0 Å². The first kappa shape index (κ1) is 24.5. The van der Waals surface area contributed by atoms with Crippen LogP contribution in [0.3, 0.4) is 0 Å². The molecule has 1 saturated heterocycles. The Hall–Kier alpha value is -0.759. The third-order valence-corrected chi connectivity index (χ3v) is 163. The van der Waals surface area contributed by atoms with Crippen molar-refractivity contribution in [2.45, 2.75) is 72.0 Å². The maximum absolute atomic E-state index is 9.40. The normalized spacial score (nSPS) is 24.6. The van der Waals surface area contributed by atoms with Gasteiger partial charge in [-0.15, -0.1) is 0 Å². The zero-order valence-corrected chi connectivity index (χ0v) is 26.3. The van der Waals surface area contributed by atoms with Crippen molar-refractivity contribution in [3.05, 3.63) is 35.4 Å². The smallest absolute Gasteiger partial charge is 0.130 e. The average Bonchev–Trinajstić information content (AvgIpc) is 2.64. The molecule has 1 aromatic carbocycles. The molecule has 1 fully saturated rings. The summed E-state index contributed by atoms with van der Waals surface area (Å²) in [5.74, 6) is 0. The maximum Gasteiger partial charge on any atom is 0.130 e. The molecule has 0 aliphatic carbocycles. The molecule has 0 amide bonds. The van der Waals surface area contributed by atoms with Crippen LogP contribution >= 0.6 is 0 Å². The van der Waals surface area contributed by atoms with E-state index < -0.39 is 42.7 Å². The topological polar surface area (TPSA) is 47.6 Å². The van der Waals surface area contributed by atoms with E-state index in [9.17, 15) is 10.5 Å². The molecule has 2 rings (SSSR count). The Morgan fingerprint density at radius 3 is 1.45 bits per heavy atom. The lowest BCUT2D eigenvalue weighted by Crippen LogP contribution is -3.03. The first-order chi connectivity index (χ1) is 13.0. The van der Waals surface area contributed by atoms with E-state index in [1.807, 2.05) is 6.08 Å². The number of hydrogen-bond acceptors (Lipinski definition) is 2. The van der Waals surface area contributed by atoms with Gasteiger partial charge < -0.3 is 0 Å². The molecular weight excluding hydrogens is 449 g/mol. The van der Waals surface area contributed by atoms with E-state index in [4.69, 9.17) is 0 Å². The van der Waals surface area contributed by atoms with Gasteiger partial charge in [-0.2, -0.15) is 10.5 Å². The third-order valence-electron chi connectivity index (χ3n) is 10.8. The second-order valence-corrected chi connectivity index (χ2v) is 83.2. The second kappa shape index (κ2) is 7.14. The molecule has 0 radical (unpaired) electrons. The van der Waals surface area contributed by atoms with E-state index in [-0.39, 0.29) is 5.57 Å². The monoisotopic (exact) mass is 486 g/mol. The van der Waals surface area contributed by atoms with Gasteiger partial charge in [-0.3, -0.25) is 0 Å². The van der Waals surface area contributed by atoms with E-state index in [2.05, 4.69) is 108 Å². The minimum Gasteiger partial charge on any atom is -0.192 e. The number of benzene rings is 1. The van der Waals surface area contributed by atoms with Crippen molar-refractivity contribution >= 4 is 53.9 Å². The molecular formula is C21H38N2Si6. The zero-order chi connectivity index (χ0) is 22.7. The molecule has 8 heteroatoms. The molecule has 156 valence electrons. The number of nitriles is 2. The summed E-state index contributed by atoms with van der Waals surface area (Å²) in [5, 5.41) is 20.4. The van der Waals surface area contributed by atoms with Gasteiger partial charge in [0.05, 0.1) is 7.11 Å². The SMILES string of the molecule is C[Si]1(C)[Si](C)(C)[Si](C)(C)[Si](C)(c2ccccc2C=C(C#N)C#N)[Si](C)(C)[Si]1(C)C. The number of hydrogen-bond donors (Lipinski definition) is 0. The molecule has 2 nitrogen and oxygen atoms in total. The third kappa shape index (κ3) is 2.84. The minimum absolute atomic E-state index is 0.229. The van der Waals surface area contributed by atoms with Crippen LogP contribution in [0.5, 0.6) is 0 Å². The van der Waals surface area contributed by atoms with Crippen LogP contribution in [0.25, 0.3) is 6.08 Å². The predicted octanol–water partition coefficient (Wildman–Crippen LogP) is 5.43. The highest BCUT2D eigenvalue weighted by atomic mass is 30.2. The highest BCUT2D eigenvalue weighted by Gasteiger charge is 2.77. The molecule has 1 aliphatic rings. The molecule has 1 heterocycles. The molecule has 0 unspecified atom stereocenters. The summed E-state index contributed by atoms with van der Waals surface area (Å²) in [7, 11) is -8.91. The summed E-state index contributed by atoms with van der Waals surface area (Å²) in [6.45, 7) is 30.4. The lowest BCUT2D eigenvalue weighted by molar-refractivity contribution is 1.47. The second-order valence-electron chi connectivity index (χ2n) is 11.6. The van der Waals surface area contributed by atoms with Crippen LogP contribution in [-0.2, 0) is 0 Å². The van der Waals surface area contributed by atoms with Gasteiger partial charge in [0.15, 0.2) is 0 Å². The fourth-order valence-corrected chi connectivity index (χ4v) is 249. The van der Waals surface area contributed by atoms with Gasteiger partial charge in [0, 0.05) is 35.5 Å². The molecule has 0 saturated carbocycles. The van der Waals surface area contributed by atoms with Crippen molar-refractivity contribution in [1.82, 2.24) is 0 Å². The zero-order valence-electron chi connectivity index (χ0n) is 20.3. The number of allylic oxidation sites excluding steroid dienone is 1. The Balaban J connectivity index is 3.01. The van der Waals surface area contributed by atoms with Gasteiger partial charge in [-0.05, 0) is 11.6 Å². The Morgan fingerprint density at radius 1 is 0.655 bits per heavy atom. The van der Waals surface area contributed by atoms with E-state index in [1.165, 1.54) is 0 Å². The van der Waals surface area contributed by atoms with E-state index in [0.29, 0.717) is 0 Å². The summed E-state index contributed by atoms with van der Waals surface area (Å²) in [5.41, 5.74) is 1.39. The molecule has 0 spiro atoms. The quantitative estimate of drug-likeness (QED) is 0.413. The average molecular weight is 487 g/mol. The van der Waals surface area contributed by atoms with Crippen molar-refractivity contribution in [3.8, 4) is 12.1 Å². The van der Waals surface area contributed by atoms with Crippen LogP contribution in [0.2, 0.25) is 72.0 Å². The Bertz CT molecular complexity index is 899. The van der Waals surface area contributed by atoms with Crippen LogP contribution in [0.4, 0.5) is 0 Å². The van der Waals surface area contributed by atoms with Crippen LogP contribution in [-0.4, -0.2) is 42.7 Å². The summed E-state index contributed by atoms with van der Waals surface area (Å²) >= 11 is 0. The lowest BCUT2D eigenvalue weighted by Gasteiger charge is -2.73. The van der Waals surface area contributed by atoms with Crippen LogP contribution < -0.4 is 5.19 Å². The molecule has 1 aromatic rings. The summed E-state index contributed by atoms with van der Waals surface area (Å²) in [6, 6.07) is 13.0. The van der Waals surface area contributed by atoms with Gasteiger partial charge in [0.1, 0.15) is 17.7 Å². The summed E-state index contributed by atoms with van der Waals surface area (Å²) < 4.78 is 0. The standard InChI is InChI=1S/C21H38N2Si6/c1-24(2)25(3,4)27(7,8)29(11,28(9,10)26(24,5)6)21-15-13-12-14-20(21)16-19(17-22)18-23/h12-16H,1-11H3. The van der Waals surface area contributed by atoms with Gasteiger partial charge >= 0.3 is 0 Å². The molecule has 0 atom stereocenters. The number of nitrogens with zero attached hydrogens (tertiary/aromatic N) is 2. The summed E-state index contributed by atoms with van der Waals surface area (Å²) in [6.07, 6.45) is 1.88. The van der Waals surface area contributed by atoms with Gasteiger partial charge in [0.25, 0.3) is 0 Å². The van der Waals surface area contributed by atoms with Gasteiger partial charge in [0.2, 0.25) is 0 Å². The molecule has 0 bridgehead atoms. The first-order valence-corrected chi connectivity index (χ1v) is 34.1. The highest BCUT2D eigenvalue weighted by molar-refractivity contribution is 8.14. The Labute approximate surface area is 183 Å². The van der Waals surface area contributed by atoms with Crippen LogP contribution in [0.1, 0.15) is 5.56 Å². The van der Waals surface area contributed by atoms with E-state index in [0.717, 1.165) is 5.56 Å². The van der Waals surface area contributed by atoms with Gasteiger partial charge in [-0.25, -0.2) is 0 Å². The van der Waals surface area contributed by atoms with Crippen molar-refractivity contribution in [3.63, 3.8) is 0 Å². The first-order valence-electron chi connectivity index (χ1n) is 10.6. The molecule has 0 N–H and O–H groups in total. The molecule has 29 heavy (non-hydrogen) atoms. The van der Waals surface area contributed by atoms with Crippen molar-refractivity contribution in [2.75, 3.05) is 0 Å². The van der Waals surface area contributed by atoms with Gasteiger partial charge in [-0.1, -0.05) is 101 Å². The lowest BCUT2D eigenvalue weighted by atomic mass is 10.1. The Morgan fingerprint density at radius 2 is 1.03 bits per heavy atom. The van der Waals surface area contributed by atoms with Crippen molar-refractivity contribution < 1.29 is 0 Å². The Kier molecular flexibility index (Phi) is 6.04. The number of rotatable bonds is 2. The fourth-order valence-electron chi connectivity index (χ4n) is 6.37. The highest BCUT2D eigenvalue weighted by Crippen LogP contribution is 2.51. The fraction of sp³-hybridized carbons (Fsp3) is 0.524. The van der Waals surface area contributed by atoms with Crippen molar-refractivity contribution in [1.29, 1.82) is 10.5 Å². The predicted molar refractivity (Wildman–Crippen MR) is 144 cm³/mol. The van der Waals surface area contributed by atoms with Crippen LogP contribution in [0.15, 0.2) is 29.8 Å². The van der Waals surface area contributed by atoms with E-state index in [1.54, 1.807) is 5.19 Å². The maximum atomic E-state index is 9.40. The van der Waals surface area contributed by atoms with Crippen molar-refractivity contribution in [2.24, 2.45) is 0 Å². The summed E-state index contributed by atoms with van der Waals surface area (Å²) in [4.78, 5) is 0. The largest absolute Gasteiger partial charge is 0.192 e. The minimum atomic E-state index is -1.79. The van der Waals surface area contributed by atoms with Crippen LogP contribution in [0, 0.1) is 22.7 Å².